The van der Waals surface area contributed by atoms with E-state index in [1.165, 1.54) is 24.3 Å². The summed E-state index contributed by atoms with van der Waals surface area (Å²) in [6, 6.07) is 19.9. The summed E-state index contributed by atoms with van der Waals surface area (Å²) in [4.78, 5) is 16.7. The van der Waals surface area contributed by atoms with Gasteiger partial charge in [0, 0.05) is 5.56 Å². The molecule has 1 aliphatic heterocycles. The monoisotopic (exact) mass is 491 g/mol. The number of carbonyl (C=O) groups excluding carboxylic acids is 1. The van der Waals surface area contributed by atoms with Crippen LogP contribution in [-0.2, 0) is 19.6 Å². The first-order chi connectivity index (χ1) is 16.8. The molecule has 0 bridgehead atoms. The van der Waals surface area contributed by atoms with E-state index in [-0.39, 0.29) is 22.2 Å². The lowest BCUT2D eigenvalue weighted by Crippen LogP contribution is -2.09. The Hall–Kier alpha value is -3.91. The molecule has 0 aromatic heterocycles. The molecule has 0 saturated heterocycles. The molecule has 1 heterocycles. The number of aliphatic imine (C=N–C) groups is 1. The molecule has 0 N–H and O–H groups in total. The molecule has 0 amide bonds. The van der Waals surface area contributed by atoms with Crippen molar-refractivity contribution in [1.29, 1.82) is 0 Å². The van der Waals surface area contributed by atoms with Crippen LogP contribution in [0.3, 0.4) is 0 Å². The van der Waals surface area contributed by atoms with Gasteiger partial charge >= 0.3 is 16.1 Å². The molecular weight excluding hydrogens is 466 g/mol. The van der Waals surface area contributed by atoms with Crippen LogP contribution < -0.4 is 8.92 Å². The van der Waals surface area contributed by atoms with Crippen molar-refractivity contribution < 1.29 is 26.9 Å². The van der Waals surface area contributed by atoms with E-state index in [9.17, 15) is 13.2 Å². The molecule has 7 nitrogen and oxygen atoms in total. The summed E-state index contributed by atoms with van der Waals surface area (Å²) in [5.74, 6) is 0.554. The zero-order valence-electron chi connectivity index (χ0n) is 19.4. The van der Waals surface area contributed by atoms with Crippen LogP contribution in [0.4, 0.5) is 0 Å². The molecule has 0 atom stereocenters. The normalized spacial score (nSPS) is 14.5. The lowest BCUT2D eigenvalue weighted by molar-refractivity contribution is -0.129. The predicted octanol–water partition coefficient (Wildman–Crippen LogP) is 5.29. The van der Waals surface area contributed by atoms with Crippen LogP contribution in [0, 0.1) is 6.92 Å². The second kappa shape index (κ2) is 10.6. The van der Waals surface area contributed by atoms with Crippen molar-refractivity contribution in [1.82, 2.24) is 0 Å². The first-order valence-electron chi connectivity index (χ1n) is 11.2. The van der Waals surface area contributed by atoms with E-state index in [4.69, 9.17) is 13.7 Å². The molecule has 4 rings (SSSR count). The van der Waals surface area contributed by atoms with Gasteiger partial charge in [0.15, 0.2) is 5.70 Å². The number of cyclic esters (lactones) is 1. The average Bonchev–Trinajstić information content (AvgIpc) is 3.21. The van der Waals surface area contributed by atoms with E-state index in [0.717, 1.165) is 24.2 Å². The van der Waals surface area contributed by atoms with Crippen molar-refractivity contribution in [2.24, 2.45) is 4.99 Å². The van der Waals surface area contributed by atoms with Crippen molar-refractivity contribution >= 4 is 28.1 Å². The number of benzene rings is 3. The molecule has 3 aromatic rings. The molecule has 180 valence electrons. The smallest absolute Gasteiger partial charge is 0.363 e. The lowest BCUT2D eigenvalue weighted by Gasteiger charge is -2.07. The number of hydrogen-bond acceptors (Lipinski definition) is 7. The maximum Gasteiger partial charge on any atom is 0.363 e. The summed E-state index contributed by atoms with van der Waals surface area (Å²) in [5, 5.41) is 0. The average molecular weight is 492 g/mol. The Morgan fingerprint density at radius 2 is 1.57 bits per heavy atom. The minimum atomic E-state index is -3.94. The molecule has 0 radical (unpaired) electrons. The van der Waals surface area contributed by atoms with Gasteiger partial charge in [-0.25, -0.2) is 9.79 Å². The van der Waals surface area contributed by atoms with Crippen LogP contribution in [0.5, 0.6) is 11.5 Å². The molecule has 0 spiro atoms. The van der Waals surface area contributed by atoms with Gasteiger partial charge in [-0.1, -0.05) is 43.2 Å². The van der Waals surface area contributed by atoms with E-state index < -0.39 is 16.1 Å². The van der Waals surface area contributed by atoms with Crippen LogP contribution in [-0.4, -0.2) is 26.9 Å². The highest BCUT2D eigenvalue weighted by atomic mass is 32.2. The third-order valence-electron chi connectivity index (χ3n) is 5.19. The number of unbranched alkanes of at least 4 members (excludes halogenated alkanes) is 1. The van der Waals surface area contributed by atoms with Gasteiger partial charge in [-0.3, -0.25) is 0 Å². The quantitative estimate of drug-likeness (QED) is 0.175. The number of carbonyl (C=O) groups is 1. The topological polar surface area (TPSA) is 91.3 Å². The number of hydrogen-bond donors (Lipinski definition) is 0. The Morgan fingerprint density at radius 1 is 0.914 bits per heavy atom. The molecule has 0 aliphatic carbocycles. The predicted molar refractivity (Wildman–Crippen MR) is 133 cm³/mol. The van der Waals surface area contributed by atoms with Gasteiger partial charge in [0.1, 0.15) is 16.4 Å². The second-order valence-corrected chi connectivity index (χ2v) is 9.53. The summed E-state index contributed by atoms with van der Waals surface area (Å²) in [6.45, 7) is 4.63. The van der Waals surface area contributed by atoms with Gasteiger partial charge in [0.05, 0.1) is 6.61 Å². The van der Waals surface area contributed by atoms with E-state index in [1.54, 1.807) is 42.5 Å². The molecule has 3 aromatic carbocycles. The van der Waals surface area contributed by atoms with Crippen molar-refractivity contribution in [3.8, 4) is 11.5 Å². The first kappa shape index (κ1) is 24.2. The van der Waals surface area contributed by atoms with Crippen molar-refractivity contribution in [3.63, 3.8) is 0 Å². The molecule has 0 saturated carbocycles. The highest BCUT2D eigenvalue weighted by molar-refractivity contribution is 7.87. The summed E-state index contributed by atoms with van der Waals surface area (Å²) in [7, 11) is -3.94. The van der Waals surface area contributed by atoms with Gasteiger partial charge in [-0.05, 0) is 73.5 Å². The fourth-order valence-electron chi connectivity index (χ4n) is 3.22. The van der Waals surface area contributed by atoms with Crippen molar-refractivity contribution in [2.45, 2.75) is 31.6 Å². The van der Waals surface area contributed by atoms with Gasteiger partial charge in [0.25, 0.3) is 0 Å². The molecule has 8 heteroatoms. The summed E-state index contributed by atoms with van der Waals surface area (Å²) in [6.07, 6.45) is 3.61. The molecule has 0 fully saturated rings. The van der Waals surface area contributed by atoms with E-state index in [2.05, 4.69) is 11.9 Å². The van der Waals surface area contributed by atoms with Crippen LogP contribution in [0.25, 0.3) is 6.08 Å². The zero-order chi connectivity index (χ0) is 24.8. The van der Waals surface area contributed by atoms with Crippen LogP contribution >= 0.6 is 0 Å². The number of esters is 1. The Kier molecular flexibility index (Phi) is 7.31. The van der Waals surface area contributed by atoms with Crippen molar-refractivity contribution in [2.75, 3.05) is 6.61 Å². The molecule has 1 aliphatic rings. The maximum atomic E-state index is 12.5. The summed E-state index contributed by atoms with van der Waals surface area (Å²) < 4.78 is 41.1. The second-order valence-electron chi connectivity index (χ2n) is 7.98. The van der Waals surface area contributed by atoms with Crippen LogP contribution in [0.1, 0.15) is 36.5 Å². The fraction of sp³-hybridized carbons (Fsp3) is 0.185. The van der Waals surface area contributed by atoms with Gasteiger partial charge in [-0.2, -0.15) is 8.42 Å². The van der Waals surface area contributed by atoms with E-state index >= 15 is 0 Å². The number of rotatable bonds is 9. The molecular formula is C27H25NO6S. The third kappa shape index (κ3) is 6.16. The van der Waals surface area contributed by atoms with Crippen LogP contribution in [0.2, 0.25) is 0 Å². The maximum absolute atomic E-state index is 12.5. The zero-order valence-corrected chi connectivity index (χ0v) is 20.2. The Morgan fingerprint density at radius 3 is 2.23 bits per heavy atom. The minimum absolute atomic E-state index is 0.0745. The summed E-state index contributed by atoms with van der Waals surface area (Å²) >= 11 is 0. The highest BCUT2D eigenvalue weighted by Crippen LogP contribution is 2.23. The number of aryl methyl sites for hydroxylation is 1. The summed E-state index contributed by atoms with van der Waals surface area (Å²) in [5.41, 5.74) is 2.40. The number of nitrogens with zero attached hydrogens (tertiary/aromatic N) is 1. The Balaban J connectivity index is 1.44. The lowest BCUT2D eigenvalue weighted by atomic mass is 10.2. The van der Waals surface area contributed by atoms with E-state index in [0.29, 0.717) is 17.7 Å². The SMILES string of the molecule is CCCCOc1ccc(C2=N/C(=C\c3ccc(OS(=O)(=O)c4ccc(C)cc4)cc3)C(=O)O2)cc1. The van der Waals surface area contributed by atoms with Gasteiger partial charge in [-0.15, -0.1) is 0 Å². The fourth-order valence-corrected chi connectivity index (χ4v) is 4.15. The van der Waals surface area contributed by atoms with Crippen LogP contribution in [0.15, 0.2) is 88.4 Å². The largest absolute Gasteiger partial charge is 0.494 e. The minimum Gasteiger partial charge on any atom is -0.494 e. The molecule has 35 heavy (non-hydrogen) atoms. The van der Waals surface area contributed by atoms with Gasteiger partial charge < -0.3 is 13.7 Å². The first-order valence-corrected chi connectivity index (χ1v) is 12.6. The highest BCUT2D eigenvalue weighted by Gasteiger charge is 2.24. The number of ether oxygens (including phenoxy) is 2. The third-order valence-corrected chi connectivity index (χ3v) is 6.45. The van der Waals surface area contributed by atoms with Gasteiger partial charge in [0.2, 0.25) is 5.90 Å². The standard InChI is InChI=1S/C27H25NO6S/c1-3-4-17-32-22-13-9-21(10-14-22)26-28-25(27(29)33-26)18-20-7-11-23(12-8-20)34-35(30,31)24-15-5-19(2)6-16-24/h5-16,18H,3-4,17H2,1-2H3/b25-18-. The molecule has 0 unspecified atom stereocenters. The Bertz CT molecular complexity index is 1360. The Labute approximate surface area is 204 Å². The van der Waals surface area contributed by atoms with Crippen molar-refractivity contribution in [3.05, 3.63) is 95.2 Å². The van der Waals surface area contributed by atoms with E-state index in [1.807, 2.05) is 19.1 Å².